The van der Waals surface area contributed by atoms with E-state index in [4.69, 9.17) is 9.31 Å². The molecule has 0 radical (unpaired) electrons. The molecule has 0 amide bonds. The zero-order valence-electron chi connectivity index (χ0n) is 9.73. The van der Waals surface area contributed by atoms with Gasteiger partial charge in [-0.3, -0.25) is 4.99 Å². The zero-order chi connectivity index (χ0) is 11.1. The summed E-state index contributed by atoms with van der Waals surface area (Å²) in [7, 11) is -0.330. The average molecular weight is 208 g/mol. The van der Waals surface area contributed by atoms with Gasteiger partial charge in [0.25, 0.3) is 0 Å². The first-order chi connectivity index (χ1) is 6.92. The van der Waals surface area contributed by atoms with Crippen molar-refractivity contribution in [2.75, 3.05) is 6.67 Å². The second-order valence-corrected chi connectivity index (χ2v) is 4.89. The Morgan fingerprint density at radius 3 is 2.27 bits per heavy atom. The summed E-state index contributed by atoms with van der Waals surface area (Å²) in [6.07, 6.45) is 5.60. The molecule has 0 aromatic rings. The van der Waals surface area contributed by atoms with Crippen molar-refractivity contribution < 1.29 is 9.31 Å². The second-order valence-electron chi connectivity index (χ2n) is 4.89. The molecular formula is C10H17BN2O2. The summed E-state index contributed by atoms with van der Waals surface area (Å²) in [5.74, 6) is 0. The van der Waals surface area contributed by atoms with Crippen molar-refractivity contribution in [3.05, 3.63) is 12.3 Å². The lowest BCUT2D eigenvalue weighted by atomic mass is 9.90. The molecule has 0 aromatic heterocycles. The first-order valence-electron chi connectivity index (χ1n) is 5.20. The Bertz CT molecular complexity index is 297. The summed E-state index contributed by atoms with van der Waals surface area (Å²) in [6, 6.07) is 0. The van der Waals surface area contributed by atoms with E-state index in [1.165, 1.54) is 0 Å². The fraction of sp³-hybridized carbons (Fsp3) is 0.700. The molecule has 0 unspecified atom stereocenters. The largest absolute Gasteiger partial charge is 0.595 e. The number of nitrogens with zero attached hydrogens (tertiary/aromatic N) is 2. The highest BCUT2D eigenvalue weighted by molar-refractivity contribution is 6.42. The van der Waals surface area contributed by atoms with Crippen molar-refractivity contribution in [2.45, 2.75) is 38.9 Å². The lowest BCUT2D eigenvalue weighted by molar-refractivity contribution is 0.00578. The molecule has 2 rings (SSSR count). The minimum atomic E-state index is -0.330. The molecule has 0 saturated carbocycles. The third-order valence-electron chi connectivity index (χ3n) is 3.23. The molecule has 1 saturated heterocycles. The standard InChI is InChI=1S/C10H17BN2O2/c1-9(2)10(3,4)15-11(14-9)13-7-5-6-12-8-13/h5-7H,8H2,1-4H3. The van der Waals surface area contributed by atoms with Crippen LogP contribution in [-0.2, 0) is 9.31 Å². The zero-order valence-corrected chi connectivity index (χ0v) is 9.73. The van der Waals surface area contributed by atoms with E-state index in [2.05, 4.69) is 4.99 Å². The Morgan fingerprint density at radius 2 is 1.80 bits per heavy atom. The van der Waals surface area contributed by atoms with Gasteiger partial charge in [0.2, 0.25) is 0 Å². The first-order valence-corrected chi connectivity index (χ1v) is 5.20. The van der Waals surface area contributed by atoms with Crippen LogP contribution in [0.3, 0.4) is 0 Å². The number of allylic oxidation sites excluding steroid dienone is 1. The van der Waals surface area contributed by atoms with Crippen molar-refractivity contribution >= 4 is 13.5 Å². The van der Waals surface area contributed by atoms with Crippen LogP contribution < -0.4 is 0 Å². The highest BCUT2D eigenvalue weighted by Crippen LogP contribution is 2.37. The molecule has 1 fully saturated rings. The second kappa shape index (κ2) is 3.35. The molecule has 5 heteroatoms. The molecule has 15 heavy (non-hydrogen) atoms. The van der Waals surface area contributed by atoms with Gasteiger partial charge in [-0.2, -0.15) is 0 Å². The SMILES string of the molecule is CC1(C)OB(N2C=CC=NC2)OC1(C)C. The van der Waals surface area contributed by atoms with Gasteiger partial charge in [-0.1, -0.05) is 0 Å². The van der Waals surface area contributed by atoms with Crippen LogP contribution in [0.25, 0.3) is 0 Å². The normalized spacial score (nSPS) is 27.5. The highest BCUT2D eigenvalue weighted by Gasteiger charge is 2.53. The van der Waals surface area contributed by atoms with Crippen LogP contribution in [-0.4, -0.2) is 36.1 Å². The third-order valence-corrected chi connectivity index (χ3v) is 3.23. The number of rotatable bonds is 1. The van der Waals surface area contributed by atoms with Crippen molar-refractivity contribution in [3.8, 4) is 0 Å². The van der Waals surface area contributed by atoms with E-state index in [0.717, 1.165) is 0 Å². The van der Waals surface area contributed by atoms with Crippen LogP contribution >= 0.6 is 0 Å². The van der Waals surface area contributed by atoms with Gasteiger partial charge in [-0.05, 0) is 40.0 Å². The highest BCUT2D eigenvalue weighted by atomic mass is 16.7. The fourth-order valence-electron chi connectivity index (χ4n) is 1.48. The average Bonchev–Trinajstić information content (AvgIpc) is 2.38. The van der Waals surface area contributed by atoms with E-state index < -0.39 is 0 Å². The van der Waals surface area contributed by atoms with Gasteiger partial charge < -0.3 is 14.1 Å². The molecule has 2 aliphatic rings. The predicted octanol–water partition coefficient (Wildman–Crippen LogP) is 1.43. The predicted molar refractivity (Wildman–Crippen MR) is 60.4 cm³/mol. The number of hydrogen-bond donors (Lipinski definition) is 0. The van der Waals surface area contributed by atoms with Gasteiger partial charge in [0, 0.05) is 6.21 Å². The van der Waals surface area contributed by atoms with Gasteiger partial charge in [0.05, 0.1) is 11.2 Å². The minimum absolute atomic E-state index is 0.285. The molecule has 0 aliphatic carbocycles. The summed E-state index contributed by atoms with van der Waals surface area (Å²) >= 11 is 0. The minimum Gasteiger partial charge on any atom is -0.384 e. The molecule has 0 aromatic carbocycles. The third kappa shape index (κ3) is 1.81. The van der Waals surface area contributed by atoms with Crippen LogP contribution in [0, 0.1) is 0 Å². The molecule has 4 nitrogen and oxygen atoms in total. The van der Waals surface area contributed by atoms with Crippen LogP contribution in [0.2, 0.25) is 0 Å². The Labute approximate surface area is 91.1 Å². The molecule has 2 heterocycles. The topological polar surface area (TPSA) is 34.1 Å². The van der Waals surface area contributed by atoms with E-state index in [0.29, 0.717) is 6.67 Å². The maximum atomic E-state index is 5.88. The first kappa shape index (κ1) is 10.7. The van der Waals surface area contributed by atoms with Crippen LogP contribution in [0.15, 0.2) is 17.3 Å². The van der Waals surface area contributed by atoms with E-state index in [1.54, 1.807) is 6.21 Å². The van der Waals surface area contributed by atoms with E-state index in [1.807, 2.05) is 44.8 Å². The van der Waals surface area contributed by atoms with Crippen LogP contribution in [0.5, 0.6) is 0 Å². The maximum Gasteiger partial charge on any atom is 0.595 e. The van der Waals surface area contributed by atoms with Crippen LogP contribution in [0.4, 0.5) is 0 Å². The molecular weight excluding hydrogens is 191 g/mol. The van der Waals surface area contributed by atoms with Crippen molar-refractivity contribution in [1.29, 1.82) is 0 Å². The number of aliphatic imine (C=N–C) groups is 1. The maximum absolute atomic E-state index is 5.88. The summed E-state index contributed by atoms with van der Waals surface area (Å²) in [5, 5.41) is 0. The monoisotopic (exact) mass is 208 g/mol. The Morgan fingerprint density at radius 1 is 1.20 bits per heavy atom. The molecule has 0 spiro atoms. The summed E-state index contributed by atoms with van der Waals surface area (Å²) in [5.41, 5.74) is -0.570. The van der Waals surface area contributed by atoms with E-state index in [9.17, 15) is 0 Å². The summed E-state index contributed by atoms with van der Waals surface area (Å²) < 4.78 is 11.8. The van der Waals surface area contributed by atoms with Gasteiger partial charge in [0.1, 0.15) is 6.67 Å². The Kier molecular flexibility index (Phi) is 2.39. The lowest BCUT2D eigenvalue weighted by Gasteiger charge is -2.32. The molecule has 0 N–H and O–H groups in total. The van der Waals surface area contributed by atoms with Gasteiger partial charge >= 0.3 is 7.25 Å². The Balaban J connectivity index is 2.09. The molecule has 0 bridgehead atoms. The van der Waals surface area contributed by atoms with Gasteiger partial charge in [-0.15, -0.1) is 0 Å². The van der Waals surface area contributed by atoms with Gasteiger partial charge in [0.15, 0.2) is 0 Å². The molecule has 82 valence electrons. The van der Waals surface area contributed by atoms with Crippen LogP contribution in [0.1, 0.15) is 27.7 Å². The molecule has 2 aliphatic heterocycles. The van der Waals surface area contributed by atoms with E-state index in [-0.39, 0.29) is 18.5 Å². The van der Waals surface area contributed by atoms with E-state index >= 15 is 0 Å². The smallest absolute Gasteiger partial charge is 0.384 e. The lowest BCUT2D eigenvalue weighted by Crippen LogP contribution is -2.41. The van der Waals surface area contributed by atoms with Crippen molar-refractivity contribution in [1.82, 2.24) is 4.81 Å². The summed E-state index contributed by atoms with van der Waals surface area (Å²) in [6.45, 7) is 8.77. The quantitative estimate of drug-likeness (QED) is 0.611. The summed E-state index contributed by atoms with van der Waals surface area (Å²) in [4.78, 5) is 6.09. The fourth-order valence-corrected chi connectivity index (χ4v) is 1.48. The van der Waals surface area contributed by atoms with Crippen molar-refractivity contribution in [2.24, 2.45) is 4.99 Å². The number of hydrogen-bond acceptors (Lipinski definition) is 4. The van der Waals surface area contributed by atoms with Crippen molar-refractivity contribution in [3.63, 3.8) is 0 Å². The molecule has 0 atom stereocenters. The van der Waals surface area contributed by atoms with Gasteiger partial charge in [-0.25, -0.2) is 0 Å². The Hall–Kier alpha value is -0.805.